The van der Waals surface area contributed by atoms with Crippen molar-refractivity contribution in [2.75, 3.05) is 18.4 Å². The van der Waals surface area contributed by atoms with Crippen LogP contribution in [0.25, 0.3) is 0 Å². The Morgan fingerprint density at radius 2 is 2.21 bits per heavy atom. The largest absolute Gasteiger partial charge is 0.382 e. The molecule has 0 saturated carbocycles. The summed E-state index contributed by atoms with van der Waals surface area (Å²) >= 11 is 0. The van der Waals surface area contributed by atoms with Crippen LogP contribution in [0.3, 0.4) is 0 Å². The molecule has 0 bridgehead atoms. The van der Waals surface area contributed by atoms with E-state index >= 15 is 0 Å². The first kappa shape index (κ1) is 13.8. The fraction of sp³-hybridized carbons (Fsp3) is 0.571. The Morgan fingerprint density at radius 1 is 1.42 bits per heavy atom. The van der Waals surface area contributed by atoms with Gasteiger partial charge in [0.25, 0.3) is 5.91 Å². The number of aromatic nitrogens is 1. The number of nitrogens with one attached hydrogen (secondary N) is 2. The zero-order valence-corrected chi connectivity index (χ0v) is 11.6. The summed E-state index contributed by atoms with van der Waals surface area (Å²) in [6.45, 7) is 5.83. The van der Waals surface area contributed by atoms with Gasteiger partial charge < -0.3 is 16.4 Å². The van der Waals surface area contributed by atoms with Crippen LogP contribution in [0.4, 0.5) is 5.69 Å². The second-order valence-electron chi connectivity index (χ2n) is 5.16. The summed E-state index contributed by atoms with van der Waals surface area (Å²) in [6, 6.07) is 2.29. The molecule has 1 fully saturated rings. The summed E-state index contributed by atoms with van der Waals surface area (Å²) in [7, 11) is 0. The lowest BCUT2D eigenvalue weighted by Crippen LogP contribution is -2.25. The van der Waals surface area contributed by atoms with Crippen molar-refractivity contribution < 1.29 is 4.79 Å². The normalized spacial score (nSPS) is 19.8. The monoisotopic (exact) mass is 262 g/mol. The predicted molar refractivity (Wildman–Crippen MR) is 76.4 cm³/mol. The maximum absolute atomic E-state index is 11.6. The molecule has 1 aromatic rings. The number of nitrogens with two attached hydrogens (primary N) is 1. The highest BCUT2D eigenvalue weighted by molar-refractivity contribution is 5.99. The van der Waals surface area contributed by atoms with Crippen LogP contribution in [0.2, 0.25) is 0 Å². The van der Waals surface area contributed by atoms with Gasteiger partial charge in [0.1, 0.15) is 0 Å². The van der Waals surface area contributed by atoms with Gasteiger partial charge in [-0.25, -0.2) is 0 Å². The number of hydrogen-bond donors (Lipinski definition) is 3. The summed E-state index contributed by atoms with van der Waals surface area (Å²) in [4.78, 5) is 15.9. The van der Waals surface area contributed by atoms with E-state index in [1.165, 1.54) is 0 Å². The molecule has 1 aromatic heterocycles. The van der Waals surface area contributed by atoms with Crippen molar-refractivity contribution in [3.63, 3.8) is 0 Å². The van der Waals surface area contributed by atoms with Gasteiger partial charge in [0.15, 0.2) is 0 Å². The van der Waals surface area contributed by atoms with Crippen molar-refractivity contribution in [3.8, 4) is 0 Å². The minimum Gasteiger partial charge on any atom is -0.382 e. The maximum atomic E-state index is 11.6. The van der Waals surface area contributed by atoms with E-state index in [1.54, 1.807) is 0 Å². The topological polar surface area (TPSA) is 80.0 Å². The smallest absolute Gasteiger partial charge is 0.252 e. The molecule has 0 aliphatic carbocycles. The van der Waals surface area contributed by atoms with Crippen molar-refractivity contribution >= 4 is 11.6 Å². The number of nitrogens with zero attached hydrogens (tertiary/aromatic N) is 1. The zero-order valence-electron chi connectivity index (χ0n) is 11.6. The average Bonchev–Trinajstić information content (AvgIpc) is 2.56. The number of carbonyl (C=O) groups excluding carboxylic acids is 1. The molecule has 1 amide bonds. The van der Waals surface area contributed by atoms with Crippen LogP contribution in [0.5, 0.6) is 0 Å². The number of carbonyl (C=O) groups is 1. The number of rotatable bonds is 3. The first-order valence-electron chi connectivity index (χ1n) is 6.83. The molecule has 5 nitrogen and oxygen atoms in total. The second kappa shape index (κ2) is 6.02. The van der Waals surface area contributed by atoms with Gasteiger partial charge in [-0.15, -0.1) is 0 Å². The standard InChI is InChI=1S/C14H22N4O/c1-9-8-12(13(14(15)19)10(2)17-9)18-11-4-3-6-16-7-5-11/h8,11,16H,3-7H2,1-2H3,(H2,15,19)(H,17,18). The second-order valence-corrected chi connectivity index (χ2v) is 5.16. The summed E-state index contributed by atoms with van der Waals surface area (Å²) in [5, 5.41) is 6.85. The molecule has 0 radical (unpaired) electrons. The predicted octanol–water partition coefficient (Wildman–Crippen LogP) is 1.35. The Kier molecular flexibility index (Phi) is 4.37. The zero-order chi connectivity index (χ0) is 13.8. The van der Waals surface area contributed by atoms with Crippen LogP contribution in [0.15, 0.2) is 6.07 Å². The lowest BCUT2D eigenvalue weighted by molar-refractivity contribution is 0.1000. The van der Waals surface area contributed by atoms with Gasteiger partial charge in [-0.1, -0.05) is 0 Å². The Morgan fingerprint density at radius 3 is 2.95 bits per heavy atom. The highest BCUT2D eigenvalue weighted by Crippen LogP contribution is 2.22. The van der Waals surface area contributed by atoms with Crippen LogP contribution >= 0.6 is 0 Å². The van der Waals surface area contributed by atoms with Gasteiger partial charge in [0, 0.05) is 11.7 Å². The Balaban J connectivity index is 2.24. The fourth-order valence-electron chi connectivity index (χ4n) is 2.64. The van der Waals surface area contributed by atoms with Gasteiger partial charge in [-0.2, -0.15) is 0 Å². The minimum absolute atomic E-state index is 0.384. The number of pyridine rings is 1. The molecule has 1 aliphatic heterocycles. The van der Waals surface area contributed by atoms with Crippen molar-refractivity contribution in [1.82, 2.24) is 10.3 Å². The van der Waals surface area contributed by atoms with E-state index in [2.05, 4.69) is 15.6 Å². The van der Waals surface area contributed by atoms with E-state index in [-0.39, 0.29) is 0 Å². The quantitative estimate of drug-likeness (QED) is 0.768. The molecule has 2 heterocycles. The summed E-state index contributed by atoms with van der Waals surface area (Å²) < 4.78 is 0. The van der Waals surface area contributed by atoms with E-state index in [0.29, 0.717) is 17.3 Å². The summed E-state index contributed by atoms with van der Waals surface area (Å²) in [6.07, 6.45) is 3.30. The van der Waals surface area contributed by atoms with E-state index in [1.807, 2.05) is 19.9 Å². The number of amides is 1. The molecule has 4 N–H and O–H groups in total. The van der Waals surface area contributed by atoms with E-state index in [0.717, 1.165) is 43.7 Å². The van der Waals surface area contributed by atoms with Gasteiger partial charge in [-0.3, -0.25) is 9.78 Å². The van der Waals surface area contributed by atoms with Gasteiger partial charge in [0.05, 0.1) is 16.9 Å². The first-order chi connectivity index (χ1) is 9.08. The molecular weight excluding hydrogens is 240 g/mol. The molecule has 104 valence electrons. The molecule has 0 aromatic carbocycles. The summed E-state index contributed by atoms with van der Waals surface area (Å²) in [5.41, 5.74) is 8.41. The Hall–Kier alpha value is -1.62. The van der Waals surface area contributed by atoms with Crippen LogP contribution in [0, 0.1) is 13.8 Å². The highest BCUT2D eigenvalue weighted by atomic mass is 16.1. The molecule has 0 spiro atoms. The third-order valence-corrected chi connectivity index (χ3v) is 3.51. The Bertz CT molecular complexity index is 465. The van der Waals surface area contributed by atoms with Gasteiger partial charge in [0.2, 0.25) is 0 Å². The number of aryl methyl sites for hydroxylation is 2. The molecule has 19 heavy (non-hydrogen) atoms. The Labute approximate surface area is 114 Å². The van der Waals surface area contributed by atoms with Gasteiger partial charge >= 0.3 is 0 Å². The fourth-order valence-corrected chi connectivity index (χ4v) is 2.64. The number of hydrogen-bond acceptors (Lipinski definition) is 4. The summed E-state index contributed by atoms with van der Waals surface area (Å²) in [5.74, 6) is -0.417. The maximum Gasteiger partial charge on any atom is 0.252 e. The molecule has 1 aliphatic rings. The lowest BCUT2D eigenvalue weighted by atomic mass is 10.1. The van der Waals surface area contributed by atoms with Crippen LogP contribution in [0.1, 0.15) is 41.0 Å². The molecule has 1 saturated heterocycles. The lowest BCUT2D eigenvalue weighted by Gasteiger charge is -2.20. The van der Waals surface area contributed by atoms with Crippen molar-refractivity contribution in [3.05, 3.63) is 23.0 Å². The number of primary amides is 1. The number of anilines is 1. The van der Waals surface area contributed by atoms with E-state index in [4.69, 9.17) is 5.73 Å². The van der Waals surface area contributed by atoms with Gasteiger partial charge in [-0.05, 0) is 52.3 Å². The minimum atomic E-state index is -0.417. The molecule has 1 atom stereocenters. The average molecular weight is 262 g/mol. The van der Waals surface area contributed by atoms with Crippen molar-refractivity contribution in [2.45, 2.75) is 39.2 Å². The molecule has 5 heteroatoms. The third-order valence-electron chi connectivity index (χ3n) is 3.51. The van der Waals surface area contributed by atoms with E-state index < -0.39 is 5.91 Å². The molecule has 1 unspecified atom stereocenters. The van der Waals surface area contributed by atoms with Crippen LogP contribution < -0.4 is 16.4 Å². The highest BCUT2D eigenvalue weighted by Gasteiger charge is 2.17. The van der Waals surface area contributed by atoms with Crippen LogP contribution in [-0.4, -0.2) is 30.0 Å². The first-order valence-corrected chi connectivity index (χ1v) is 6.83. The van der Waals surface area contributed by atoms with E-state index in [9.17, 15) is 4.79 Å². The third kappa shape index (κ3) is 3.44. The van der Waals surface area contributed by atoms with Crippen molar-refractivity contribution in [2.24, 2.45) is 5.73 Å². The van der Waals surface area contributed by atoms with Crippen LogP contribution in [-0.2, 0) is 0 Å². The molecule has 2 rings (SSSR count). The SMILES string of the molecule is Cc1cc(NC2CCCNCC2)c(C(N)=O)c(C)n1. The molecular formula is C14H22N4O. The van der Waals surface area contributed by atoms with Crippen molar-refractivity contribution in [1.29, 1.82) is 0 Å².